The van der Waals surface area contributed by atoms with E-state index in [9.17, 15) is 9.59 Å². The zero-order valence-electron chi connectivity index (χ0n) is 22.2. The van der Waals surface area contributed by atoms with Crippen LogP contribution in [0.15, 0.2) is 42.5 Å². The molecule has 2 aromatic carbocycles. The number of fused-ring (bicyclic) bond motifs is 1. The Morgan fingerprint density at radius 2 is 1.89 bits per heavy atom. The van der Waals surface area contributed by atoms with E-state index < -0.39 is 0 Å². The molecule has 0 radical (unpaired) electrons. The number of hydrogen-bond donors (Lipinski definition) is 1. The van der Waals surface area contributed by atoms with Crippen LogP contribution in [0, 0.1) is 5.92 Å². The Morgan fingerprint density at radius 3 is 2.58 bits per heavy atom. The number of amides is 2. The average molecular weight is 498 g/mol. The summed E-state index contributed by atoms with van der Waals surface area (Å²) in [5.41, 5.74) is 2.15. The Labute approximate surface area is 214 Å². The van der Waals surface area contributed by atoms with E-state index >= 15 is 0 Å². The van der Waals surface area contributed by atoms with Crippen molar-refractivity contribution in [3.05, 3.63) is 53.6 Å². The van der Waals surface area contributed by atoms with Crippen molar-refractivity contribution in [2.75, 3.05) is 46.3 Å². The standard InChI is InChI=1S/C28H39N3O5/c1-7-27(32)29-22-12-13-23-25(14-22)36-18-20(3)31(16-21-10-8-9-11-24(21)34-5)15-19(2)26(35-6)17-30(4)28(23)33/h8-14,19-20,26H,7,15-18H2,1-6H3,(H,29,32)/t19-,20-,26-/m0/s1. The first-order chi connectivity index (χ1) is 17.3. The first-order valence-corrected chi connectivity index (χ1v) is 12.5. The van der Waals surface area contributed by atoms with Crippen molar-refractivity contribution < 1.29 is 23.8 Å². The molecule has 0 saturated carbocycles. The Hall–Kier alpha value is -3.10. The maximum Gasteiger partial charge on any atom is 0.257 e. The number of rotatable bonds is 6. The minimum Gasteiger partial charge on any atom is -0.496 e. The highest BCUT2D eigenvalue weighted by Gasteiger charge is 2.29. The Balaban J connectivity index is 1.96. The number of hydrogen-bond acceptors (Lipinski definition) is 6. The van der Waals surface area contributed by atoms with Gasteiger partial charge in [0.15, 0.2) is 0 Å². The van der Waals surface area contributed by atoms with E-state index in [-0.39, 0.29) is 29.9 Å². The number of methoxy groups -OCH3 is 2. The molecule has 2 amide bonds. The summed E-state index contributed by atoms with van der Waals surface area (Å²) in [6, 6.07) is 13.2. The molecule has 0 aromatic heterocycles. The van der Waals surface area contributed by atoms with Crippen molar-refractivity contribution in [3.8, 4) is 11.5 Å². The molecule has 3 rings (SSSR count). The molecule has 2 aromatic rings. The maximum atomic E-state index is 13.3. The monoisotopic (exact) mass is 497 g/mol. The summed E-state index contributed by atoms with van der Waals surface area (Å²) in [4.78, 5) is 29.3. The predicted octanol–water partition coefficient (Wildman–Crippen LogP) is 4.05. The molecule has 0 fully saturated rings. The normalized spacial score (nSPS) is 21.6. The van der Waals surface area contributed by atoms with Gasteiger partial charge in [-0.15, -0.1) is 0 Å². The van der Waals surface area contributed by atoms with Crippen LogP contribution in [0.4, 0.5) is 5.69 Å². The number of nitrogens with zero attached hydrogens (tertiary/aromatic N) is 2. The third-order valence-corrected chi connectivity index (χ3v) is 6.75. The van der Waals surface area contributed by atoms with Gasteiger partial charge in [0.25, 0.3) is 5.91 Å². The molecule has 8 nitrogen and oxygen atoms in total. The minimum absolute atomic E-state index is 0.0314. The van der Waals surface area contributed by atoms with Gasteiger partial charge in [-0.2, -0.15) is 0 Å². The summed E-state index contributed by atoms with van der Waals surface area (Å²) in [6.07, 6.45) is 0.226. The lowest BCUT2D eigenvalue weighted by molar-refractivity contribution is -0.115. The van der Waals surface area contributed by atoms with Gasteiger partial charge in [0, 0.05) is 63.6 Å². The molecule has 1 N–H and O–H groups in total. The van der Waals surface area contributed by atoms with Gasteiger partial charge >= 0.3 is 0 Å². The maximum absolute atomic E-state index is 13.3. The van der Waals surface area contributed by atoms with Crippen LogP contribution in [-0.4, -0.2) is 74.7 Å². The molecule has 0 saturated heterocycles. The van der Waals surface area contributed by atoms with Crippen LogP contribution < -0.4 is 14.8 Å². The van der Waals surface area contributed by atoms with Crippen LogP contribution in [0.2, 0.25) is 0 Å². The molecular weight excluding hydrogens is 458 g/mol. The van der Waals surface area contributed by atoms with E-state index in [2.05, 4.69) is 30.1 Å². The summed E-state index contributed by atoms with van der Waals surface area (Å²) < 4.78 is 17.7. The number of nitrogens with one attached hydrogen (secondary N) is 1. The van der Waals surface area contributed by atoms with E-state index in [4.69, 9.17) is 14.2 Å². The second kappa shape index (κ2) is 12.7. The highest BCUT2D eigenvalue weighted by molar-refractivity contribution is 5.98. The van der Waals surface area contributed by atoms with Gasteiger partial charge in [-0.25, -0.2) is 0 Å². The van der Waals surface area contributed by atoms with Gasteiger partial charge in [0.1, 0.15) is 18.1 Å². The molecule has 1 aliphatic rings. The van der Waals surface area contributed by atoms with E-state index in [0.717, 1.165) is 17.9 Å². The fourth-order valence-corrected chi connectivity index (χ4v) is 4.45. The molecule has 36 heavy (non-hydrogen) atoms. The number of para-hydroxylation sites is 1. The van der Waals surface area contributed by atoms with E-state index in [0.29, 0.717) is 43.1 Å². The summed E-state index contributed by atoms with van der Waals surface area (Å²) in [6.45, 7) is 8.31. The van der Waals surface area contributed by atoms with Gasteiger partial charge in [-0.05, 0) is 31.0 Å². The topological polar surface area (TPSA) is 80.3 Å². The van der Waals surface area contributed by atoms with Crippen molar-refractivity contribution in [3.63, 3.8) is 0 Å². The number of carbonyl (C=O) groups is 2. The summed E-state index contributed by atoms with van der Waals surface area (Å²) >= 11 is 0. The van der Waals surface area contributed by atoms with Gasteiger partial charge in [0.05, 0.1) is 18.8 Å². The molecule has 1 heterocycles. The van der Waals surface area contributed by atoms with Crippen molar-refractivity contribution >= 4 is 17.5 Å². The van der Waals surface area contributed by atoms with Crippen LogP contribution in [-0.2, 0) is 16.1 Å². The van der Waals surface area contributed by atoms with Crippen LogP contribution >= 0.6 is 0 Å². The van der Waals surface area contributed by atoms with Gasteiger partial charge in [0.2, 0.25) is 5.91 Å². The van der Waals surface area contributed by atoms with Gasteiger partial charge in [-0.1, -0.05) is 32.0 Å². The largest absolute Gasteiger partial charge is 0.496 e. The summed E-state index contributed by atoms with van der Waals surface area (Å²) in [5, 5.41) is 2.85. The second-order valence-corrected chi connectivity index (χ2v) is 9.45. The molecule has 8 heteroatoms. The number of carbonyl (C=O) groups excluding carboxylic acids is 2. The summed E-state index contributed by atoms with van der Waals surface area (Å²) in [5.74, 6) is 1.21. The lowest BCUT2D eigenvalue weighted by Crippen LogP contribution is -2.46. The van der Waals surface area contributed by atoms with Crippen LogP contribution in [0.1, 0.15) is 43.1 Å². The fraction of sp³-hybridized carbons (Fsp3) is 0.500. The Kier molecular flexibility index (Phi) is 9.73. The van der Waals surface area contributed by atoms with Crippen LogP contribution in [0.25, 0.3) is 0 Å². The summed E-state index contributed by atoms with van der Waals surface area (Å²) in [7, 11) is 5.15. The zero-order valence-corrected chi connectivity index (χ0v) is 22.2. The number of benzene rings is 2. The lowest BCUT2D eigenvalue weighted by atomic mass is 10.0. The van der Waals surface area contributed by atoms with Crippen molar-refractivity contribution in [1.29, 1.82) is 0 Å². The Bertz CT molecular complexity index is 1040. The first kappa shape index (κ1) is 27.5. The SMILES string of the molecule is CCC(=O)Nc1ccc2c(c1)OC[C@H](C)N(Cc1ccccc1OC)C[C@H](C)[C@@H](OC)CN(C)C2=O. The zero-order chi connectivity index (χ0) is 26.2. The number of likely N-dealkylation sites (N-methyl/N-ethyl adjacent to an activating group) is 1. The molecule has 0 spiro atoms. The predicted molar refractivity (Wildman–Crippen MR) is 141 cm³/mol. The number of ether oxygens (including phenoxy) is 3. The molecular formula is C28H39N3O5. The first-order valence-electron chi connectivity index (χ1n) is 12.5. The molecule has 0 aliphatic carbocycles. The third-order valence-electron chi connectivity index (χ3n) is 6.75. The lowest BCUT2D eigenvalue weighted by Gasteiger charge is -2.36. The van der Waals surface area contributed by atoms with E-state index in [1.807, 2.05) is 18.2 Å². The van der Waals surface area contributed by atoms with Crippen molar-refractivity contribution in [2.24, 2.45) is 5.92 Å². The highest BCUT2D eigenvalue weighted by atomic mass is 16.5. The second-order valence-electron chi connectivity index (χ2n) is 9.45. The molecule has 0 unspecified atom stereocenters. The molecule has 196 valence electrons. The molecule has 0 bridgehead atoms. The molecule has 1 aliphatic heterocycles. The molecule has 3 atom stereocenters. The average Bonchev–Trinajstić information content (AvgIpc) is 2.89. The highest BCUT2D eigenvalue weighted by Crippen LogP contribution is 2.28. The fourth-order valence-electron chi connectivity index (χ4n) is 4.45. The van der Waals surface area contributed by atoms with Crippen LogP contribution in [0.3, 0.4) is 0 Å². The quantitative estimate of drug-likeness (QED) is 0.649. The van der Waals surface area contributed by atoms with E-state index in [1.54, 1.807) is 51.3 Å². The number of anilines is 1. The van der Waals surface area contributed by atoms with E-state index in [1.165, 1.54) is 0 Å². The van der Waals surface area contributed by atoms with Gasteiger partial charge < -0.3 is 24.4 Å². The Morgan fingerprint density at radius 1 is 1.14 bits per heavy atom. The third kappa shape index (κ3) is 6.77. The van der Waals surface area contributed by atoms with Crippen molar-refractivity contribution in [1.82, 2.24) is 9.80 Å². The minimum atomic E-state index is -0.147. The van der Waals surface area contributed by atoms with Gasteiger partial charge in [-0.3, -0.25) is 14.5 Å². The van der Waals surface area contributed by atoms with Crippen molar-refractivity contribution in [2.45, 2.75) is 45.9 Å². The van der Waals surface area contributed by atoms with Crippen LogP contribution in [0.5, 0.6) is 11.5 Å². The smallest absolute Gasteiger partial charge is 0.257 e.